The number of carbonyl (C=O) groups excluding carboxylic acids is 1. The summed E-state index contributed by atoms with van der Waals surface area (Å²) >= 11 is 4.95. The van der Waals surface area contributed by atoms with Gasteiger partial charge in [-0.25, -0.2) is 0 Å². The van der Waals surface area contributed by atoms with Crippen molar-refractivity contribution in [3.8, 4) is 10.4 Å². The first-order valence-electron chi connectivity index (χ1n) is 7.85. The number of amides is 1. The molecule has 4 aromatic rings. The van der Waals surface area contributed by atoms with E-state index in [1.807, 2.05) is 36.4 Å². The first-order valence-corrected chi connectivity index (χ1v) is 9.46. The molecule has 3 heterocycles. The van der Waals surface area contributed by atoms with E-state index in [0.717, 1.165) is 36.3 Å². The predicted octanol–water partition coefficient (Wildman–Crippen LogP) is 4.21. The summed E-state index contributed by atoms with van der Waals surface area (Å²) in [6.45, 7) is 0. The van der Waals surface area contributed by atoms with E-state index in [1.165, 1.54) is 11.3 Å². The summed E-state index contributed by atoms with van der Waals surface area (Å²) in [5.74, 6) is -0.570. The summed E-state index contributed by atoms with van der Waals surface area (Å²) in [5, 5.41) is 9.25. The molecule has 0 bridgehead atoms. The Labute approximate surface area is 162 Å². The standard InChI is InChI=1S/C19H13BrN4OS/c20-13-5-3-12(4-6-13)16-9-14-15(8-11-2-1-7-22-10-11)23-24-17(19(21)25)18(14)26-16/h1-7,9-10H,8H2,(H2,21,25). The predicted molar refractivity (Wildman–Crippen MR) is 106 cm³/mol. The Morgan fingerprint density at radius 2 is 1.96 bits per heavy atom. The van der Waals surface area contributed by atoms with Gasteiger partial charge in [0.1, 0.15) is 0 Å². The van der Waals surface area contributed by atoms with Crippen LogP contribution in [0.3, 0.4) is 0 Å². The van der Waals surface area contributed by atoms with Crippen LogP contribution in [-0.4, -0.2) is 21.1 Å². The maximum absolute atomic E-state index is 11.8. The molecule has 0 atom stereocenters. The summed E-state index contributed by atoms with van der Waals surface area (Å²) < 4.78 is 1.78. The van der Waals surface area contributed by atoms with Crippen molar-refractivity contribution < 1.29 is 4.79 Å². The highest BCUT2D eigenvalue weighted by Crippen LogP contribution is 2.36. The Hall–Kier alpha value is -2.64. The maximum atomic E-state index is 11.8. The lowest BCUT2D eigenvalue weighted by Gasteiger charge is -2.03. The molecule has 4 rings (SSSR count). The largest absolute Gasteiger partial charge is 0.364 e. The lowest BCUT2D eigenvalue weighted by Crippen LogP contribution is -2.14. The third-order valence-corrected chi connectivity index (χ3v) is 5.70. The molecular weight excluding hydrogens is 412 g/mol. The molecule has 0 spiro atoms. The second kappa shape index (κ2) is 6.93. The number of nitrogens with zero attached hydrogens (tertiary/aromatic N) is 3. The fourth-order valence-electron chi connectivity index (χ4n) is 2.74. The molecule has 0 fully saturated rings. The fraction of sp³-hybridized carbons (Fsp3) is 0.0526. The molecule has 1 aromatic carbocycles. The van der Waals surface area contributed by atoms with Crippen molar-refractivity contribution in [3.05, 3.63) is 76.3 Å². The van der Waals surface area contributed by atoms with Crippen LogP contribution in [0.2, 0.25) is 0 Å². The average Bonchev–Trinajstić information content (AvgIpc) is 3.09. The van der Waals surface area contributed by atoms with Crippen molar-refractivity contribution in [2.24, 2.45) is 5.73 Å². The molecule has 2 N–H and O–H groups in total. The lowest BCUT2D eigenvalue weighted by atomic mass is 10.1. The van der Waals surface area contributed by atoms with Gasteiger partial charge >= 0.3 is 0 Å². The van der Waals surface area contributed by atoms with Crippen LogP contribution in [0.25, 0.3) is 20.5 Å². The van der Waals surface area contributed by atoms with E-state index in [2.05, 4.69) is 37.2 Å². The SMILES string of the molecule is NC(=O)c1nnc(Cc2cccnc2)c2cc(-c3ccc(Br)cc3)sc12. The molecule has 26 heavy (non-hydrogen) atoms. The monoisotopic (exact) mass is 424 g/mol. The zero-order valence-corrected chi connectivity index (χ0v) is 15.9. The van der Waals surface area contributed by atoms with Gasteiger partial charge < -0.3 is 5.73 Å². The van der Waals surface area contributed by atoms with Crippen LogP contribution in [-0.2, 0) is 6.42 Å². The molecule has 0 saturated heterocycles. The summed E-state index contributed by atoms with van der Waals surface area (Å²) in [5.41, 5.74) is 8.61. The molecule has 1 amide bonds. The van der Waals surface area contributed by atoms with E-state index >= 15 is 0 Å². The van der Waals surface area contributed by atoms with Crippen LogP contribution >= 0.6 is 27.3 Å². The number of nitrogens with two attached hydrogens (primary N) is 1. The molecule has 0 unspecified atom stereocenters. The summed E-state index contributed by atoms with van der Waals surface area (Å²) in [7, 11) is 0. The van der Waals surface area contributed by atoms with Crippen molar-refractivity contribution in [2.45, 2.75) is 6.42 Å². The summed E-state index contributed by atoms with van der Waals surface area (Å²) in [6.07, 6.45) is 4.13. The van der Waals surface area contributed by atoms with E-state index in [-0.39, 0.29) is 5.69 Å². The molecule has 0 aliphatic heterocycles. The number of primary amides is 1. The molecule has 128 valence electrons. The van der Waals surface area contributed by atoms with Crippen LogP contribution in [0.1, 0.15) is 21.7 Å². The zero-order chi connectivity index (χ0) is 18.1. The Balaban J connectivity index is 1.87. The molecular formula is C19H13BrN4OS. The van der Waals surface area contributed by atoms with Gasteiger partial charge in [0.05, 0.1) is 10.4 Å². The smallest absolute Gasteiger partial charge is 0.270 e. The molecule has 3 aromatic heterocycles. The molecule has 0 radical (unpaired) electrons. The first-order chi connectivity index (χ1) is 12.6. The van der Waals surface area contributed by atoms with Gasteiger partial charge in [-0.05, 0) is 35.4 Å². The third kappa shape index (κ3) is 3.23. The van der Waals surface area contributed by atoms with Gasteiger partial charge in [-0.2, -0.15) is 5.10 Å². The highest BCUT2D eigenvalue weighted by Gasteiger charge is 2.17. The molecule has 0 saturated carbocycles. The minimum atomic E-state index is -0.570. The van der Waals surface area contributed by atoms with E-state index in [1.54, 1.807) is 12.4 Å². The maximum Gasteiger partial charge on any atom is 0.270 e. The average molecular weight is 425 g/mol. The number of hydrogen-bond acceptors (Lipinski definition) is 5. The minimum absolute atomic E-state index is 0.211. The number of thiophene rings is 1. The molecule has 7 heteroatoms. The Morgan fingerprint density at radius 1 is 1.15 bits per heavy atom. The van der Waals surface area contributed by atoms with Gasteiger partial charge in [-0.3, -0.25) is 9.78 Å². The van der Waals surface area contributed by atoms with Crippen molar-refractivity contribution >= 4 is 43.3 Å². The normalized spacial score (nSPS) is 11.0. The van der Waals surface area contributed by atoms with Gasteiger partial charge in [0.2, 0.25) is 0 Å². The van der Waals surface area contributed by atoms with Crippen molar-refractivity contribution in [2.75, 3.05) is 0 Å². The van der Waals surface area contributed by atoms with Crippen molar-refractivity contribution in [1.82, 2.24) is 15.2 Å². The van der Waals surface area contributed by atoms with Crippen LogP contribution in [0.5, 0.6) is 0 Å². The quantitative estimate of drug-likeness (QED) is 0.531. The van der Waals surface area contributed by atoms with Crippen LogP contribution in [0, 0.1) is 0 Å². The zero-order valence-electron chi connectivity index (χ0n) is 13.5. The number of aromatic nitrogens is 3. The minimum Gasteiger partial charge on any atom is -0.364 e. The van der Waals surface area contributed by atoms with E-state index in [4.69, 9.17) is 5.73 Å². The van der Waals surface area contributed by atoms with Gasteiger partial charge in [0, 0.05) is 33.6 Å². The highest BCUT2D eigenvalue weighted by atomic mass is 79.9. The van der Waals surface area contributed by atoms with Crippen LogP contribution in [0.4, 0.5) is 0 Å². The summed E-state index contributed by atoms with van der Waals surface area (Å²) in [6, 6.07) is 14.0. The number of halogens is 1. The van der Waals surface area contributed by atoms with Gasteiger partial charge in [0.15, 0.2) is 5.69 Å². The topological polar surface area (TPSA) is 81.8 Å². The number of rotatable bonds is 4. The van der Waals surface area contributed by atoms with Gasteiger partial charge in [0.25, 0.3) is 5.91 Å². The van der Waals surface area contributed by atoms with Gasteiger partial charge in [-0.15, -0.1) is 16.4 Å². The van der Waals surface area contributed by atoms with Gasteiger partial charge in [-0.1, -0.05) is 34.1 Å². The molecule has 5 nitrogen and oxygen atoms in total. The highest BCUT2D eigenvalue weighted by molar-refractivity contribution is 9.10. The van der Waals surface area contributed by atoms with Crippen molar-refractivity contribution in [1.29, 1.82) is 0 Å². The van der Waals surface area contributed by atoms with E-state index < -0.39 is 5.91 Å². The Bertz CT molecular complexity index is 1090. The first kappa shape index (κ1) is 16.8. The molecule has 0 aliphatic rings. The summed E-state index contributed by atoms with van der Waals surface area (Å²) in [4.78, 5) is 17.0. The fourth-order valence-corrected chi connectivity index (χ4v) is 4.17. The Kier molecular flexibility index (Phi) is 4.48. The Morgan fingerprint density at radius 3 is 2.65 bits per heavy atom. The van der Waals surface area contributed by atoms with E-state index in [0.29, 0.717) is 6.42 Å². The number of fused-ring (bicyclic) bond motifs is 1. The second-order valence-corrected chi connectivity index (χ2v) is 7.73. The number of carbonyl (C=O) groups is 1. The molecule has 0 aliphatic carbocycles. The van der Waals surface area contributed by atoms with Crippen LogP contribution < -0.4 is 5.73 Å². The van der Waals surface area contributed by atoms with Crippen molar-refractivity contribution in [3.63, 3.8) is 0 Å². The van der Waals surface area contributed by atoms with Crippen LogP contribution in [0.15, 0.2) is 59.3 Å². The number of benzene rings is 1. The number of pyridine rings is 1. The second-order valence-electron chi connectivity index (χ2n) is 5.76. The van der Waals surface area contributed by atoms with E-state index in [9.17, 15) is 4.79 Å². The lowest BCUT2D eigenvalue weighted by molar-refractivity contribution is 0.0996. The third-order valence-electron chi connectivity index (χ3n) is 3.99. The number of hydrogen-bond donors (Lipinski definition) is 1.